The summed E-state index contributed by atoms with van der Waals surface area (Å²) < 4.78 is 0. The summed E-state index contributed by atoms with van der Waals surface area (Å²) in [6.45, 7) is 0.514. The Bertz CT molecular complexity index is 493. The Hall–Kier alpha value is -2.04. The van der Waals surface area contributed by atoms with Gasteiger partial charge in [-0.2, -0.15) is 0 Å². The first kappa shape index (κ1) is 16.3. The summed E-state index contributed by atoms with van der Waals surface area (Å²) in [4.78, 5) is 22.6. The third-order valence-electron chi connectivity index (χ3n) is 4.22. The minimum absolute atomic E-state index is 0.116. The van der Waals surface area contributed by atoms with Crippen LogP contribution in [-0.2, 0) is 11.3 Å². The molecule has 0 aromatic heterocycles. The van der Waals surface area contributed by atoms with Gasteiger partial charge in [0.05, 0.1) is 0 Å². The van der Waals surface area contributed by atoms with Crippen LogP contribution in [0.25, 0.3) is 0 Å². The molecule has 22 heavy (non-hydrogen) atoms. The van der Waals surface area contributed by atoms with E-state index in [2.05, 4.69) is 10.6 Å². The lowest BCUT2D eigenvalue weighted by molar-refractivity contribution is -0.121. The molecule has 0 radical (unpaired) electrons. The van der Waals surface area contributed by atoms with Crippen LogP contribution < -0.4 is 16.4 Å². The molecule has 1 aliphatic rings. The molecule has 0 heterocycles. The second-order valence-corrected chi connectivity index (χ2v) is 6.01. The summed E-state index contributed by atoms with van der Waals surface area (Å²) in [7, 11) is 0. The van der Waals surface area contributed by atoms with Crippen molar-refractivity contribution in [1.82, 2.24) is 5.32 Å². The van der Waals surface area contributed by atoms with Crippen LogP contribution in [0.3, 0.4) is 0 Å². The molecule has 0 unspecified atom stereocenters. The number of amides is 3. The van der Waals surface area contributed by atoms with E-state index >= 15 is 0 Å². The van der Waals surface area contributed by atoms with E-state index in [0.717, 1.165) is 17.9 Å². The van der Waals surface area contributed by atoms with Crippen molar-refractivity contribution in [3.8, 4) is 0 Å². The van der Waals surface area contributed by atoms with Crippen molar-refractivity contribution in [3.05, 3.63) is 29.8 Å². The van der Waals surface area contributed by atoms with E-state index < -0.39 is 6.03 Å². The van der Waals surface area contributed by atoms with Crippen molar-refractivity contribution < 1.29 is 9.59 Å². The van der Waals surface area contributed by atoms with Crippen molar-refractivity contribution in [3.63, 3.8) is 0 Å². The molecule has 2 rings (SSSR count). The van der Waals surface area contributed by atoms with Crippen molar-refractivity contribution in [2.24, 2.45) is 11.7 Å². The highest BCUT2D eigenvalue weighted by atomic mass is 16.2. The molecule has 4 N–H and O–H groups in total. The Morgan fingerprint density at radius 2 is 1.77 bits per heavy atom. The van der Waals surface area contributed by atoms with E-state index in [4.69, 9.17) is 5.73 Å². The first-order valence-corrected chi connectivity index (χ1v) is 8.05. The van der Waals surface area contributed by atoms with E-state index in [9.17, 15) is 9.59 Å². The van der Waals surface area contributed by atoms with Crippen LogP contribution >= 0.6 is 0 Å². The quantitative estimate of drug-likeness (QED) is 0.754. The molecule has 0 atom stereocenters. The maximum absolute atomic E-state index is 11.9. The molecule has 1 aliphatic carbocycles. The normalized spacial score (nSPS) is 15.3. The fourth-order valence-corrected chi connectivity index (χ4v) is 2.95. The second-order valence-electron chi connectivity index (χ2n) is 6.01. The molecule has 0 bridgehead atoms. The highest BCUT2D eigenvalue weighted by Gasteiger charge is 2.14. The zero-order valence-corrected chi connectivity index (χ0v) is 12.9. The van der Waals surface area contributed by atoms with Gasteiger partial charge in [-0.15, -0.1) is 0 Å². The van der Waals surface area contributed by atoms with Gasteiger partial charge >= 0.3 is 6.03 Å². The van der Waals surface area contributed by atoms with Gasteiger partial charge in [0.2, 0.25) is 5.91 Å². The average molecular weight is 303 g/mol. The summed E-state index contributed by atoms with van der Waals surface area (Å²) in [5, 5.41) is 5.45. The fourth-order valence-electron chi connectivity index (χ4n) is 2.95. The maximum atomic E-state index is 11.9. The Balaban J connectivity index is 1.68. The van der Waals surface area contributed by atoms with Crippen LogP contribution in [0.15, 0.2) is 24.3 Å². The van der Waals surface area contributed by atoms with E-state index in [0.29, 0.717) is 18.7 Å². The zero-order valence-electron chi connectivity index (χ0n) is 12.9. The number of carbonyl (C=O) groups is 2. The number of nitrogens with one attached hydrogen (secondary N) is 2. The number of primary amides is 1. The number of urea groups is 1. The highest BCUT2D eigenvalue weighted by Crippen LogP contribution is 2.27. The lowest BCUT2D eigenvalue weighted by atomic mass is 9.86. The number of carbonyl (C=O) groups excluding carboxylic acids is 2. The molecule has 1 aromatic carbocycles. The van der Waals surface area contributed by atoms with E-state index in [1.165, 1.54) is 32.1 Å². The number of anilines is 1. The minimum Gasteiger partial charge on any atom is -0.352 e. The monoisotopic (exact) mass is 303 g/mol. The number of hydrogen-bond donors (Lipinski definition) is 3. The molecule has 0 saturated heterocycles. The van der Waals surface area contributed by atoms with Crippen LogP contribution in [0.5, 0.6) is 0 Å². The van der Waals surface area contributed by atoms with E-state index in [1.54, 1.807) is 12.1 Å². The zero-order chi connectivity index (χ0) is 15.8. The smallest absolute Gasteiger partial charge is 0.316 e. The summed E-state index contributed by atoms with van der Waals surface area (Å²) >= 11 is 0. The molecular formula is C17H25N3O2. The van der Waals surface area contributed by atoms with Gasteiger partial charge in [-0.3, -0.25) is 4.79 Å². The van der Waals surface area contributed by atoms with Crippen LogP contribution in [0, 0.1) is 5.92 Å². The largest absolute Gasteiger partial charge is 0.352 e. The molecule has 120 valence electrons. The number of rotatable bonds is 6. The van der Waals surface area contributed by atoms with Gasteiger partial charge in [0.1, 0.15) is 0 Å². The van der Waals surface area contributed by atoms with Crippen molar-refractivity contribution >= 4 is 17.6 Å². The number of hydrogen-bond acceptors (Lipinski definition) is 2. The lowest BCUT2D eigenvalue weighted by Crippen LogP contribution is -2.23. The standard InChI is InChI=1S/C17H25N3O2/c18-17(22)20-15-9-6-14(7-10-15)12-19-16(21)11-8-13-4-2-1-3-5-13/h6-7,9-10,13H,1-5,8,11-12H2,(H,19,21)(H3,18,20,22). The predicted octanol–water partition coefficient (Wildman–Crippen LogP) is 3.15. The molecule has 3 amide bonds. The van der Waals surface area contributed by atoms with Gasteiger partial charge in [0.15, 0.2) is 0 Å². The van der Waals surface area contributed by atoms with Crippen LogP contribution in [0.4, 0.5) is 10.5 Å². The van der Waals surface area contributed by atoms with Crippen molar-refractivity contribution in [2.45, 2.75) is 51.5 Å². The van der Waals surface area contributed by atoms with Crippen molar-refractivity contribution in [2.75, 3.05) is 5.32 Å². The first-order valence-electron chi connectivity index (χ1n) is 8.05. The average Bonchev–Trinajstić information content (AvgIpc) is 2.53. The maximum Gasteiger partial charge on any atom is 0.316 e. The van der Waals surface area contributed by atoms with Gasteiger partial charge < -0.3 is 16.4 Å². The third-order valence-corrected chi connectivity index (χ3v) is 4.22. The van der Waals surface area contributed by atoms with Gasteiger partial charge in [-0.1, -0.05) is 44.2 Å². The van der Waals surface area contributed by atoms with Gasteiger partial charge in [-0.25, -0.2) is 4.79 Å². The second kappa shape index (κ2) is 8.41. The summed E-state index contributed by atoms with van der Waals surface area (Å²) in [6, 6.07) is 6.70. The SMILES string of the molecule is NC(=O)Nc1ccc(CNC(=O)CCC2CCCCC2)cc1. The predicted molar refractivity (Wildman–Crippen MR) is 87.3 cm³/mol. The lowest BCUT2D eigenvalue weighted by Gasteiger charge is -2.21. The van der Waals surface area contributed by atoms with Gasteiger partial charge in [0.25, 0.3) is 0 Å². The Morgan fingerprint density at radius 3 is 2.41 bits per heavy atom. The molecular weight excluding hydrogens is 278 g/mol. The summed E-state index contributed by atoms with van der Waals surface area (Å²) in [5.74, 6) is 0.851. The Kier molecular flexibility index (Phi) is 6.25. The third kappa shape index (κ3) is 5.76. The summed E-state index contributed by atoms with van der Waals surface area (Å²) in [6.07, 6.45) is 8.17. The molecule has 1 aromatic rings. The molecule has 1 fully saturated rings. The van der Waals surface area contributed by atoms with Crippen LogP contribution in [-0.4, -0.2) is 11.9 Å². The molecule has 5 nitrogen and oxygen atoms in total. The van der Waals surface area contributed by atoms with Gasteiger partial charge in [-0.05, 0) is 30.0 Å². The molecule has 5 heteroatoms. The molecule has 0 aliphatic heterocycles. The van der Waals surface area contributed by atoms with Crippen LogP contribution in [0.2, 0.25) is 0 Å². The van der Waals surface area contributed by atoms with Crippen LogP contribution in [0.1, 0.15) is 50.5 Å². The fraction of sp³-hybridized carbons (Fsp3) is 0.529. The van der Waals surface area contributed by atoms with E-state index in [-0.39, 0.29) is 5.91 Å². The Labute approximate surface area is 131 Å². The number of benzene rings is 1. The summed E-state index contributed by atoms with van der Waals surface area (Å²) in [5.41, 5.74) is 6.70. The van der Waals surface area contributed by atoms with E-state index in [1.807, 2.05) is 12.1 Å². The molecule has 1 saturated carbocycles. The van der Waals surface area contributed by atoms with Crippen molar-refractivity contribution in [1.29, 1.82) is 0 Å². The van der Waals surface area contributed by atoms with Gasteiger partial charge in [0, 0.05) is 18.7 Å². The first-order chi connectivity index (χ1) is 10.6. The molecule has 0 spiro atoms. The highest BCUT2D eigenvalue weighted by molar-refractivity contribution is 5.87. The topological polar surface area (TPSA) is 84.2 Å². The number of nitrogens with two attached hydrogens (primary N) is 1. The Morgan fingerprint density at radius 1 is 1.09 bits per heavy atom. The minimum atomic E-state index is -0.580.